The highest BCUT2D eigenvalue weighted by molar-refractivity contribution is 6.31. The first-order valence-corrected chi connectivity index (χ1v) is 7.47. The number of H-pyrrole nitrogens is 1. The van der Waals surface area contributed by atoms with E-state index in [9.17, 15) is 4.79 Å². The lowest BCUT2D eigenvalue weighted by Crippen LogP contribution is -2.08. The molecule has 0 unspecified atom stereocenters. The number of nitrogens with zero attached hydrogens (tertiary/aromatic N) is 1. The zero-order valence-corrected chi connectivity index (χ0v) is 12.7. The topological polar surface area (TPSA) is 45.8 Å². The number of aromatic amines is 1. The monoisotopic (exact) mass is 308 g/mol. The van der Waals surface area contributed by atoms with Crippen LogP contribution in [0, 0.1) is 6.92 Å². The van der Waals surface area contributed by atoms with Crippen LogP contribution in [0.3, 0.4) is 0 Å². The van der Waals surface area contributed by atoms with E-state index in [1.807, 2.05) is 37.4 Å². The van der Waals surface area contributed by atoms with Crippen molar-refractivity contribution in [3.63, 3.8) is 0 Å². The standard InChI is InChI=1S/C18H13ClN2O/c1-10-9-20-5-4-13(10)15-8-17(22)21-18-14-7-12(19)3-2-11(14)6-16(15)18/h2-5,7-9H,6H2,1H3,(H,21,22). The average Bonchev–Trinajstić information content (AvgIpc) is 2.85. The predicted molar refractivity (Wildman–Crippen MR) is 88.3 cm³/mol. The first kappa shape index (κ1) is 13.3. The van der Waals surface area contributed by atoms with Crippen molar-refractivity contribution in [2.45, 2.75) is 13.3 Å². The molecule has 108 valence electrons. The molecule has 1 aliphatic rings. The van der Waals surface area contributed by atoms with E-state index >= 15 is 0 Å². The van der Waals surface area contributed by atoms with Gasteiger partial charge in [-0.3, -0.25) is 9.78 Å². The molecule has 3 nitrogen and oxygen atoms in total. The molecule has 3 aromatic rings. The molecule has 4 rings (SSSR count). The van der Waals surface area contributed by atoms with E-state index in [1.165, 1.54) is 5.56 Å². The van der Waals surface area contributed by atoms with E-state index in [2.05, 4.69) is 9.97 Å². The number of pyridine rings is 2. The highest BCUT2D eigenvalue weighted by Gasteiger charge is 2.23. The van der Waals surface area contributed by atoms with Gasteiger partial charge in [-0.2, -0.15) is 0 Å². The molecule has 0 spiro atoms. The summed E-state index contributed by atoms with van der Waals surface area (Å²) in [6.45, 7) is 2.01. The van der Waals surface area contributed by atoms with Crippen LogP contribution in [-0.2, 0) is 6.42 Å². The number of hydrogen-bond donors (Lipinski definition) is 1. The molecule has 0 aliphatic heterocycles. The number of halogens is 1. The first-order chi connectivity index (χ1) is 10.6. The zero-order valence-electron chi connectivity index (χ0n) is 12.0. The third kappa shape index (κ3) is 1.97. The molecule has 0 bridgehead atoms. The molecule has 0 fully saturated rings. The fraction of sp³-hybridized carbons (Fsp3) is 0.111. The van der Waals surface area contributed by atoms with Crippen LogP contribution in [0.5, 0.6) is 0 Å². The van der Waals surface area contributed by atoms with Crippen molar-refractivity contribution in [2.75, 3.05) is 0 Å². The molecule has 1 aliphatic carbocycles. The number of rotatable bonds is 1. The van der Waals surface area contributed by atoms with Crippen LogP contribution in [0.4, 0.5) is 0 Å². The molecule has 2 heterocycles. The van der Waals surface area contributed by atoms with Crippen molar-refractivity contribution >= 4 is 11.6 Å². The fourth-order valence-corrected chi connectivity index (χ4v) is 3.32. The third-order valence-electron chi connectivity index (χ3n) is 4.17. The maximum atomic E-state index is 12.1. The Hall–Kier alpha value is -2.39. The van der Waals surface area contributed by atoms with Crippen LogP contribution < -0.4 is 5.56 Å². The van der Waals surface area contributed by atoms with Gasteiger partial charge >= 0.3 is 0 Å². The molecule has 0 saturated heterocycles. The van der Waals surface area contributed by atoms with Gasteiger partial charge in [-0.25, -0.2) is 0 Å². The normalized spacial score (nSPS) is 12.1. The number of nitrogens with one attached hydrogen (secondary N) is 1. The van der Waals surface area contributed by atoms with Crippen molar-refractivity contribution in [1.29, 1.82) is 0 Å². The van der Waals surface area contributed by atoms with Gasteiger partial charge in [-0.1, -0.05) is 17.7 Å². The molecule has 0 saturated carbocycles. The van der Waals surface area contributed by atoms with Crippen molar-refractivity contribution in [3.05, 3.63) is 74.8 Å². The zero-order chi connectivity index (χ0) is 15.3. The minimum atomic E-state index is -0.0993. The molecule has 0 amide bonds. The summed E-state index contributed by atoms with van der Waals surface area (Å²) in [7, 11) is 0. The summed E-state index contributed by atoms with van der Waals surface area (Å²) in [5.41, 5.74) is 7.23. The van der Waals surface area contributed by atoms with E-state index in [4.69, 9.17) is 11.6 Å². The van der Waals surface area contributed by atoms with E-state index in [1.54, 1.807) is 12.3 Å². The molecule has 0 atom stereocenters. The minimum absolute atomic E-state index is 0.0993. The molecular weight excluding hydrogens is 296 g/mol. The van der Waals surface area contributed by atoms with Crippen LogP contribution >= 0.6 is 11.6 Å². The molecule has 2 aromatic heterocycles. The van der Waals surface area contributed by atoms with Gasteiger partial charge < -0.3 is 4.98 Å². The maximum absolute atomic E-state index is 12.1. The van der Waals surface area contributed by atoms with E-state index in [0.29, 0.717) is 5.02 Å². The van der Waals surface area contributed by atoms with Gasteiger partial charge in [0.05, 0.1) is 5.69 Å². The fourth-order valence-electron chi connectivity index (χ4n) is 3.14. The Morgan fingerprint density at radius 1 is 1.14 bits per heavy atom. The van der Waals surface area contributed by atoms with E-state index < -0.39 is 0 Å². The molecule has 1 aromatic carbocycles. The van der Waals surface area contributed by atoms with Crippen LogP contribution in [0.2, 0.25) is 5.02 Å². The summed E-state index contributed by atoms with van der Waals surface area (Å²) in [5.74, 6) is 0. The van der Waals surface area contributed by atoms with Gasteiger partial charge in [0.2, 0.25) is 5.56 Å². The van der Waals surface area contributed by atoms with Gasteiger partial charge in [0.15, 0.2) is 0 Å². The number of fused-ring (bicyclic) bond motifs is 3. The Kier molecular flexibility index (Phi) is 2.91. The van der Waals surface area contributed by atoms with Crippen LogP contribution in [-0.4, -0.2) is 9.97 Å². The molecule has 22 heavy (non-hydrogen) atoms. The highest BCUT2D eigenvalue weighted by Crippen LogP contribution is 2.40. The minimum Gasteiger partial charge on any atom is -0.322 e. The Bertz CT molecular complexity index is 960. The second kappa shape index (κ2) is 4.82. The van der Waals surface area contributed by atoms with Gasteiger partial charge in [0, 0.05) is 35.5 Å². The Morgan fingerprint density at radius 2 is 2.00 bits per heavy atom. The molecule has 1 N–H and O–H groups in total. The summed E-state index contributed by atoms with van der Waals surface area (Å²) >= 11 is 6.11. The number of hydrogen-bond acceptors (Lipinski definition) is 2. The van der Waals surface area contributed by atoms with Crippen LogP contribution in [0.1, 0.15) is 16.7 Å². The summed E-state index contributed by atoms with van der Waals surface area (Å²) in [6.07, 6.45) is 4.38. The maximum Gasteiger partial charge on any atom is 0.249 e. The van der Waals surface area contributed by atoms with Crippen molar-refractivity contribution in [2.24, 2.45) is 0 Å². The Morgan fingerprint density at radius 3 is 2.82 bits per heavy atom. The lowest BCUT2D eigenvalue weighted by atomic mass is 9.97. The van der Waals surface area contributed by atoms with E-state index in [-0.39, 0.29) is 5.56 Å². The van der Waals surface area contributed by atoms with Crippen molar-refractivity contribution in [1.82, 2.24) is 9.97 Å². The predicted octanol–water partition coefficient (Wildman–Crippen LogP) is 3.97. The summed E-state index contributed by atoms with van der Waals surface area (Å²) < 4.78 is 0. The highest BCUT2D eigenvalue weighted by atomic mass is 35.5. The SMILES string of the molecule is Cc1cnccc1-c1cc(=O)[nH]c2c1Cc1ccc(Cl)cc1-2. The average molecular weight is 309 g/mol. The Labute approximate surface area is 132 Å². The summed E-state index contributed by atoms with van der Waals surface area (Å²) in [6, 6.07) is 9.47. The summed E-state index contributed by atoms with van der Waals surface area (Å²) in [5, 5.41) is 0.679. The van der Waals surface area contributed by atoms with E-state index in [0.717, 1.165) is 39.9 Å². The smallest absolute Gasteiger partial charge is 0.249 e. The van der Waals surface area contributed by atoms with Crippen molar-refractivity contribution in [3.8, 4) is 22.4 Å². The lowest BCUT2D eigenvalue weighted by molar-refractivity contribution is 1.18. The van der Waals surface area contributed by atoms with Crippen LogP contribution in [0.25, 0.3) is 22.4 Å². The molecule has 4 heteroatoms. The van der Waals surface area contributed by atoms with Crippen molar-refractivity contribution < 1.29 is 0 Å². The first-order valence-electron chi connectivity index (χ1n) is 7.09. The quantitative estimate of drug-likeness (QED) is 0.578. The number of aryl methyl sites for hydroxylation is 1. The molecular formula is C18H13ClN2O. The number of benzene rings is 1. The second-order valence-electron chi connectivity index (χ2n) is 5.57. The number of aromatic nitrogens is 2. The van der Waals surface area contributed by atoms with Gasteiger partial charge in [0.25, 0.3) is 0 Å². The molecule has 0 radical (unpaired) electrons. The van der Waals surface area contributed by atoms with Gasteiger partial charge in [-0.15, -0.1) is 0 Å². The van der Waals surface area contributed by atoms with Crippen LogP contribution in [0.15, 0.2) is 47.5 Å². The Balaban J connectivity index is 2.02. The van der Waals surface area contributed by atoms with Gasteiger partial charge in [0.1, 0.15) is 0 Å². The van der Waals surface area contributed by atoms with Gasteiger partial charge in [-0.05, 0) is 52.9 Å². The largest absolute Gasteiger partial charge is 0.322 e. The lowest BCUT2D eigenvalue weighted by Gasteiger charge is -2.10. The second-order valence-corrected chi connectivity index (χ2v) is 6.01. The third-order valence-corrected chi connectivity index (χ3v) is 4.40. The summed E-state index contributed by atoms with van der Waals surface area (Å²) in [4.78, 5) is 19.2.